The van der Waals surface area contributed by atoms with Crippen LogP contribution in [0.25, 0.3) is 0 Å². The summed E-state index contributed by atoms with van der Waals surface area (Å²) >= 11 is 0. The third kappa shape index (κ3) is 3.28. The van der Waals surface area contributed by atoms with Crippen molar-refractivity contribution in [2.75, 3.05) is 26.2 Å². The molecule has 13 heavy (non-hydrogen) atoms. The molecular weight excluding hydrogens is 160 g/mol. The molecule has 1 unspecified atom stereocenters. The maximum Gasteiger partial charge on any atom is 0.0220 e. The number of nitrogens with zero attached hydrogens (tertiary/aromatic N) is 1. The van der Waals surface area contributed by atoms with E-state index >= 15 is 0 Å². The van der Waals surface area contributed by atoms with Crippen molar-refractivity contribution >= 4 is 0 Å². The molecule has 2 aliphatic rings. The van der Waals surface area contributed by atoms with Gasteiger partial charge in [-0.25, -0.2) is 0 Å². The molecule has 0 aromatic carbocycles. The van der Waals surface area contributed by atoms with Gasteiger partial charge in [0.2, 0.25) is 0 Å². The van der Waals surface area contributed by atoms with Gasteiger partial charge in [-0.3, -0.25) is 4.90 Å². The summed E-state index contributed by atoms with van der Waals surface area (Å²) in [6.07, 6.45) is 5.64. The molecule has 2 heteroatoms. The molecular formula is C11H24N2. The number of nitrogens with one attached hydrogen (secondary N) is 1. The van der Waals surface area contributed by atoms with Crippen molar-refractivity contribution in [3.8, 4) is 0 Å². The van der Waals surface area contributed by atoms with E-state index in [2.05, 4.69) is 10.2 Å². The van der Waals surface area contributed by atoms with Crippen LogP contribution in [0.3, 0.4) is 0 Å². The minimum absolute atomic E-state index is 0.867. The lowest BCUT2D eigenvalue weighted by Gasteiger charge is -2.33. The predicted molar refractivity (Wildman–Crippen MR) is 58.0 cm³/mol. The minimum Gasteiger partial charge on any atom is -0.315 e. The van der Waals surface area contributed by atoms with E-state index in [-0.39, 0.29) is 0 Å². The van der Waals surface area contributed by atoms with Gasteiger partial charge in [-0.2, -0.15) is 0 Å². The maximum atomic E-state index is 3.50. The van der Waals surface area contributed by atoms with Crippen molar-refractivity contribution in [3.63, 3.8) is 0 Å². The monoisotopic (exact) mass is 184 g/mol. The summed E-state index contributed by atoms with van der Waals surface area (Å²) in [6, 6.07) is 0.867. The summed E-state index contributed by atoms with van der Waals surface area (Å²) in [6.45, 7) is 9.15. The Kier molecular flexibility index (Phi) is 5.40. The van der Waals surface area contributed by atoms with Crippen LogP contribution in [0.5, 0.6) is 0 Å². The first-order chi connectivity index (χ1) is 6.47. The Labute approximate surface area is 82.7 Å². The summed E-state index contributed by atoms with van der Waals surface area (Å²) in [5, 5.41) is 3.50. The maximum absolute atomic E-state index is 3.50. The Hall–Kier alpha value is -0.0800. The third-order valence-corrected chi connectivity index (χ3v) is 2.93. The van der Waals surface area contributed by atoms with E-state index in [1.807, 2.05) is 13.8 Å². The van der Waals surface area contributed by atoms with E-state index in [0.29, 0.717) is 0 Å². The highest BCUT2D eigenvalue weighted by Gasteiger charge is 2.22. The predicted octanol–water partition coefficient (Wildman–Crippen LogP) is 1.86. The number of hydrogen-bond acceptors (Lipinski definition) is 2. The molecule has 2 rings (SSSR count). The molecule has 2 heterocycles. The van der Waals surface area contributed by atoms with E-state index in [4.69, 9.17) is 0 Å². The normalized spacial score (nSPS) is 29.5. The van der Waals surface area contributed by atoms with Crippen molar-refractivity contribution < 1.29 is 0 Å². The number of piperidine rings is 1. The van der Waals surface area contributed by atoms with Crippen LogP contribution in [-0.4, -0.2) is 37.1 Å². The molecule has 2 saturated heterocycles. The second kappa shape index (κ2) is 6.39. The molecule has 2 aliphatic heterocycles. The van der Waals surface area contributed by atoms with Gasteiger partial charge < -0.3 is 5.32 Å². The van der Waals surface area contributed by atoms with E-state index in [1.165, 1.54) is 51.9 Å². The Morgan fingerprint density at radius 1 is 1.08 bits per heavy atom. The molecule has 0 aromatic heterocycles. The fourth-order valence-electron chi connectivity index (χ4n) is 2.26. The van der Waals surface area contributed by atoms with Crippen LogP contribution in [0.2, 0.25) is 0 Å². The first-order valence-corrected chi connectivity index (χ1v) is 5.91. The van der Waals surface area contributed by atoms with Crippen LogP contribution in [-0.2, 0) is 0 Å². The third-order valence-electron chi connectivity index (χ3n) is 2.93. The number of fused-ring (bicyclic) bond motifs is 1. The van der Waals surface area contributed by atoms with E-state index in [0.717, 1.165) is 6.04 Å². The Morgan fingerprint density at radius 3 is 2.69 bits per heavy atom. The van der Waals surface area contributed by atoms with Gasteiger partial charge in [0.05, 0.1) is 0 Å². The standard InChI is InChI=1S/C9H18N2.C2H6/c1-2-6-11-7-3-5-10-8-9(11)4-1;1-2/h9-10H,1-8H2;1-2H3. The number of hydrogen-bond donors (Lipinski definition) is 1. The molecule has 1 N–H and O–H groups in total. The first kappa shape index (κ1) is 11.0. The Bertz CT molecular complexity index is 111. The Balaban J connectivity index is 0.000000396. The van der Waals surface area contributed by atoms with Gasteiger partial charge in [0.1, 0.15) is 0 Å². The summed E-state index contributed by atoms with van der Waals surface area (Å²) in [7, 11) is 0. The minimum atomic E-state index is 0.867. The molecule has 0 amide bonds. The topological polar surface area (TPSA) is 15.3 Å². The summed E-state index contributed by atoms with van der Waals surface area (Å²) in [5.74, 6) is 0. The molecule has 0 aromatic rings. The van der Waals surface area contributed by atoms with Crippen LogP contribution in [0.4, 0.5) is 0 Å². The van der Waals surface area contributed by atoms with Crippen LogP contribution in [0, 0.1) is 0 Å². The van der Waals surface area contributed by atoms with Crippen molar-refractivity contribution in [3.05, 3.63) is 0 Å². The molecule has 0 spiro atoms. The van der Waals surface area contributed by atoms with Gasteiger partial charge in [0, 0.05) is 12.6 Å². The average Bonchev–Trinajstić information content (AvgIpc) is 2.45. The Morgan fingerprint density at radius 2 is 1.85 bits per heavy atom. The molecule has 2 fully saturated rings. The smallest absolute Gasteiger partial charge is 0.0220 e. The second-order valence-electron chi connectivity index (χ2n) is 3.74. The van der Waals surface area contributed by atoms with E-state index < -0.39 is 0 Å². The quantitative estimate of drug-likeness (QED) is 0.618. The lowest BCUT2D eigenvalue weighted by Crippen LogP contribution is -2.42. The zero-order valence-corrected chi connectivity index (χ0v) is 9.18. The first-order valence-electron chi connectivity index (χ1n) is 5.91. The highest BCUT2D eigenvalue weighted by atomic mass is 15.2. The molecule has 2 nitrogen and oxygen atoms in total. The van der Waals surface area contributed by atoms with Gasteiger partial charge in [0.15, 0.2) is 0 Å². The van der Waals surface area contributed by atoms with Crippen LogP contribution < -0.4 is 5.32 Å². The largest absolute Gasteiger partial charge is 0.315 e. The van der Waals surface area contributed by atoms with Gasteiger partial charge in [-0.15, -0.1) is 0 Å². The SMILES string of the molecule is C1CCN2CCCNCC2C1.CC. The van der Waals surface area contributed by atoms with Crippen LogP contribution >= 0.6 is 0 Å². The summed E-state index contributed by atoms with van der Waals surface area (Å²) in [4.78, 5) is 2.67. The lowest BCUT2D eigenvalue weighted by atomic mass is 10.0. The zero-order chi connectivity index (χ0) is 9.52. The fraction of sp³-hybridized carbons (Fsp3) is 1.00. The van der Waals surface area contributed by atoms with Gasteiger partial charge >= 0.3 is 0 Å². The van der Waals surface area contributed by atoms with E-state index in [1.54, 1.807) is 0 Å². The van der Waals surface area contributed by atoms with Gasteiger partial charge in [-0.1, -0.05) is 20.3 Å². The molecule has 78 valence electrons. The van der Waals surface area contributed by atoms with Crippen molar-refractivity contribution in [2.24, 2.45) is 0 Å². The van der Waals surface area contributed by atoms with Gasteiger partial charge in [-0.05, 0) is 38.9 Å². The van der Waals surface area contributed by atoms with E-state index in [9.17, 15) is 0 Å². The molecule has 0 bridgehead atoms. The molecule has 0 radical (unpaired) electrons. The molecule has 0 aliphatic carbocycles. The number of rotatable bonds is 0. The lowest BCUT2D eigenvalue weighted by molar-refractivity contribution is 0.160. The fourth-order valence-corrected chi connectivity index (χ4v) is 2.26. The van der Waals surface area contributed by atoms with Crippen molar-refractivity contribution in [1.29, 1.82) is 0 Å². The van der Waals surface area contributed by atoms with Crippen molar-refractivity contribution in [1.82, 2.24) is 10.2 Å². The highest BCUT2D eigenvalue weighted by molar-refractivity contribution is 4.80. The zero-order valence-electron chi connectivity index (χ0n) is 9.18. The summed E-state index contributed by atoms with van der Waals surface area (Å²) < 4.78 is 0. The molecule has 0 saturated carbocycles. The van der Waals surface area contributed by atoms with Crippen LogP contribution in [0.1, 0.15) is 39.5 Å². The summed E-state index contributed by atoms with van der Waals surface area (Å²) in [5.41, 5.74) is 0. The van der Waals surface area contributed by atoms with Gasteiger partial charge in [0.25, 0.3) is 0 Å². The second-order valence-corrected chi connectivity index (χ2v) is 3.74. The highest BCUT2D eigenvalue weighted by Crippen LogP contribution is 2.17. The molecule has 1 atom stereocenters. The van der Waals surface area contributed by atoms with Crippen molar-refractivity contribution in [2.45, 2.75) is 45.6 Å². The average molecular weight is 184 g/mol. The van der Waals surface area contributed by atoms with Crippen LogP contribution in [0.15, 0.2) is 0 Å².